The van der Waals surface area contributed by atoms with Crippen molar-refractivity contribution in [2.45, 2.75) is 33.3 Å². The van der Waals surface area contributed by atoms with Crippen LogP contribution in [0, 0.1) is 13.8 Å². The number of aryl methyl sites for hydroxylation is 2. The Hall–Kier alpha value is -1.18. The first-order valence-electron chi connectivity index (χ1n) is 5.18. The van der Waals surface area contributed by atoms with E-state index in [1.54, 1.807) is 0 Å². The predicted molar refractivity (Wildman–Crippen MR) is 59.1 cm³/mol. The molecular weight excluding hydrogens is 174 g/mol. The van der Waals surface area contributed by atoms with Crippen molar-refractivity contribution in [1.29, 1.82) is 0 Å². The number of fused-ring (bicyclic) bond motifs is 1. The number of hydrogen-bond acceptors (Lipinski definition) is 2. The van der Waals surface area contributed by atoms with Gasteiger partial charge >= 0.3 is 0 Å². The third kappa shape index (κ3) is 1.69. The van der Waals surface area contributed by atoms with Crippen molar-refractivity contribution in [2.24, 2.45) is 0 Å². The molecule has 1 heterocycles. The van der Waals surface area contributed by atoms with Crippen LogP contribution in [0.4, 0.5) is 5.69 Å². The van der Waals surface area contributed by atoms with Gasteiger partial charge in [0.05, 0.1) is 11.8 Å². The van der Waals surface area contributed by atoms with Gasteiger partial charge in [-0.15, -0.1) is 0 Å². The maximum atomic E-state index is 5.86. The number of benzene rings is 1. The van der Waals surface area contributed by atoms with E-state index in [1.807, 2.05) is 0 Å². The summed E-state index contributed by atoms with van der Waals surface area (Å²) in [4.78, 5) is 0. The van der Waals surface area contributed by atoms with Gasteiger partial charge in [-0.3, -0.25) is 0 Å². The molecule has 2 rings (SSSR count). The third-order valence-corrected chi connectivity index (χ3v) is 2.62. The zero-order chi connectivity index (χ0) is 10.1. The summed E-state index contributed by atoms with van der Waals surface area (Å²) in [6.07, 6.45) is 1.37. The zero-order valence-corrected chi connectivity index (χ0v) is 9.05. The molecule has 1 unspecified atom stereocenters. The van der Waals surface area contributed by atoms with Gasteiger partial charge in [-0.2, -0.15) is 0 Å². The average Bonchev–Trinajstić information content (AvgIpc) is 2.25. The number of rotatable bonds is 0. The van der Waals surface area contributed by atoms with Gasteiger partial charge in [-0.1, -0.05) is 6.07 Å². The lowest BCUT2D eigenvalue weighted by Gasteiger charge is -2.14. The van der Waals surface area contributed by atoms with Gasteiger partial charge in [0.2, 0.25) is 0 Å². The summed E-state index contributed by atoms with van der Waals surface area (Å²) < 4.78 is 5.86. The second-order valence-electron chi connectivity index (χ2n) is 4.10. The van der Waals surface area contributed by atoms with Gasteiger partial charge in [0, 0.05) is 13.0 Å². The number of ether oxygens (including phenoxy) is 1. The van der Waals surface area contributed by atoms with E-state index < -0.39 is 0 Å². The molecule has 0 saturated heterocycles. The van der Waals surface area contributed by atoms with Gasteiger partial charge in [0.1, 0.15) is 5.75 Å². The van der Waals surface area contributed by atoms with Crippen molar-refractivity contribution in [3.63, 3.8) is 0 Å². The number of anilines is 1. The molecule has 0 radical (unpaired) electrons. The average molecular weight is 191 g/mol. The lowest BCUT2D eigenvalue weighted by atomic mass is 10.1. The summed E-state index contributed by atoms with van der Waals surface area (Å²) >= 11 is 0. The van der Waals surface area contributed by atoms with E-state index >= 15 is 0 Å². The monoisotopic (exact) mass is 191 g/mol. The molecule has 0 aromatic heterocycles. The standard InChI is InChI=1S/C12H17NO/c1-8-6-9(2)12-11(7-8)14-10(3)4-5-13-12/h6-7,10,13H,4-5H2,1-3H3. The van der Waals surface area contributed by atoms with Crippen molar-refractivity contribution in [3.8, 4) is 5.75 Å². The number of hydrogen-bond donors (Lipinski definition) is 1. The summed E-state index contributed by atoms with van der Waals surface area (Å²) in [7, 11) is 0. The van der Waals surface area contributed by atoms with Crippen LogP contribution in [-0.4, -0.2) is 12.6 Å². The Balaban J connectivity index is 2.45. The van der Waals surface area contributed by atoms with Crippen molar-refractivity contribution >= 4 is 5.69 Å². The first-order valence-corrected chi connectivity index (χ1v) is 5.18. The molecule has 0 amide bonds. The Bertz CT molecular complexity index is 346. The molecule has 0 fully saturated rings. The summed E-state index contributed by atoms with van der Waals surface area (Å²) in [6, 6.07) is 4.29. The summed E-state index contributed by atoms with van der Waals surface area (Å²) in [5.41, 5.74) is 3.70. The number of nitrogens with one attached hydrogen (secondary N) is 1. The molecule has 76 valence electrons. The molecule has 2 heteroatoms. The molecule has 0 spiro atoms. The minimum atomic E-state index is 0.310. The van der Waals surface area contributed by atoms with E-state index in [0.29, 0.717) is 6.10 Å². The van der Waals surface area contributed by atoms with Crippen LogP contribution in [0.1, 0.15) is 24.5 Å². The lowest BCUT2D eigenvalue weighted by molar-refractivity contribution is 0.221. The topological polar surface area (TPSA) is 21.3 Å². The van der Waals surface area contributed by atoms with Crippen LogP contribution in [-0.2, 0) is 0 Å². The largest absolute Gasteiger partial charge is 0.488 e. The molecule has 1 aliphatic rings. The van der Waals surface area contributed by atoms with E-state index in [4.69, 9.17) is 4.74 Å². The first kappa shape index (κ1) is 9.38. The smallest absolute Gasteiger partial charge is 0.143 e. The van der Waals surface area contributed by atoms with E-state index in [0.717, 1.165) is 18.7 Å². The van der Waals surface area contributed by atoms with E-state index in [1.165, 1.54) is 16.8 Å². The van der Waals surface area contributed by atoms with Crippen molar-refractivity contribution < 1.29 is 4.74 Å². The van der Waals surface area contributed by atoms with E-state index in [2.05, 4.69) is 38.2 Å². The van der Waals surface area contributed by atoms with Crippen LogP contribution in [0.2, 0.25) is 0 Å². The molecular formula is C12H17NO. The fraction of sp³-hybridized carbons (Fsp3) is 0.500. The van der Waals surface area contributed by atoms with Crippen molar-refractivity contribution in [1.82, 2.24) is 0 Å². The van der Waals surface area contributed by atoms with Crippen LogP contribution >= 0.6 is 0 Å². The Labute approximate surface area is 85.3 Å². The molecule has 2 nitrogen and oxygen atoms in total. The van der Waals surface area contributed by atoms with Crippen LogP contribution in [0.25, 0.3) is 0 Å². The fourth-order valence-corrected chi connectivity index (χ4v) is 1.92. The lowest BCUT2D eigenvalue weighted by Crippen LogP contribution is -2.12. The van der Waals surface area contributed by atoms with E-state index in [-0.39, 0.29) is 0 Å². The van der Waals surface area contributed by atoms with Gasteiger partial charge in [0.25, 0.3) is 0 Å². The van der Waals surface area contributed by atoms with Crippen LogP contribution in [0.5, 0.6) is 5.75 Å². The molecule has 0 saturated carbocycles. The highest BCUT2D eigenvalue weighted by Crippen LogP contribution is 2.32. The minimum Gasteiger partial charge on any atom is -0.488 e. The van der Waals surface area contributed by atoms with Crippen molar-refractivity contribution in [3.05, 3.63) is 23.3 Å². The highest BCUT2D eigenvalue weighted by molar-refractivity contribution is 5.63. The fourth-order valence-electron chi connectivity index (χ4n) is 1.92. The normalized spacial score (nSPS) is 20.4. The van der Waals surface area contributed by atoms with Crippen LogP contribution in [0.15, 0.2) is 12.1 Å². The van der Waals surface area contributed by atoms with Gasteiger partial charge < -0.3 is 10.1 Å². The van der Waals surface area contributed by atoms with Gasteiger partial charge in [-0.05, 0) is 38.0 Å². The molecule has 0 bridgehead atoms. The molecule has 0 aliphatic carbocycles. The summed E-state index contributed by atoms with van der Waals surface area (Å²) in [5.74, 6) is 1.01. The maximum absolute atomic E-state index is 5.86. The SMILES string of the molecule is Cc1cc(C)c2c(c1)OC(C)CCN2. The molecule has 1 aromatic carbocycles. The Morgan fingerprint density at radius 2 is 2.14 bits per heavy atom. The van der Waals surface area contributed by atoms with E-state index in [9.17, 15) is 0 Å². The molecule has 1 atom stereocenters. The first-order chi connectivity index (χ1) is 6.66. The van der Waals surface area contributed by atoms with Gasteiger partial charge in [0.15, 0.2) is 0 Å². The predicted octanol–water partition coefficient (Wildman–Crippen LogP) is 2.89. The maximum Gasteiger partial charge on any atom is 0.143 e. The minimum absolute atomic E-state index is 0.310. The highest BCUT2D eigenvalue weighted by atomic mass is 16.5. The molecule has 14 heavy (non-hydrogen) atoms. The van der Waals surface area contributed by atoms with Crippen LogP contribution < -0.4 is 10.1 Å². The molecule has 1 N–H and O–H groups in total. The van der Waals surface area contributed by atoms with Crippen molar-refractivity contribution in [2.75, 3.05) is 11.9 Å². The Morgan fingerprint density at radius 1 is 1.36 bits per heavy atom. The summed E-state index contributed by atoms with van der Waals surface area (Å²) in [6.45, 7) is 7.34. The molecule has 1 aromatic rings. The highest BCUT2D eigenvalue weighted by Gasteiger charge is 2.15. The molecule has 1 aliphatic heterocycles. The van der Waals surface area contributed by atoms with Gasteiger partial charge in [-0.25, -0.2) is 0 Å². The summed E-state index contributed by atoms with van der Waals surface area (Å²) in [5, 5.41) is 3.43. The second kappa shape index (κ2) is 3.52. The Kier molecular flexibility index (Phi) is 2.36. The Morgan fingerprint density at radius 3 is 2.93 bits per heavy atom. The zero-order valence-electron chi connectivity index (χ0n) is 9.05. The second-order valence-corrected chi connectivity index (χ2v) is 4.10. The third-order valence-electron chi connectivity index (χ3n) is 2.62. The van der Waals surface area contributed by atoms with Crippen LogP contribution in [0.3, 0.4) is 0 Å². The quantitative estimate of drug-likeness (QED) is 0.680.